The van der Waals surface area contributed by atoms with Crippen LogP contribution in [0.15, 0.2) is 23.1 Å². The molecule has 0 aromatic heterocycles. The van der Waals surface area contributed by atoms with Gasteiger partial charge in [0, 0.05) is 12.6 Å². The Hall–Kier alpha value is -0.910. The molecule has 0 spiro atoms. The van der Waals surface area contributed by atoms with Crippen LogP contribution in [0.4, 0.5) is 0 Å². The molecule has 1 atom stereocenters. The van der Waals surface area contributed by atoms with Gasteiger partial charge in [-0.25, -0.2) is 13.1 Å². The van der Waals surface area contributed by atoms with Gasteiger partial charge in [0.05, 0.1) is 4.90 Å². The molecule has 4 nitrogen and oxygen atoms in total. The van der Waals surface area contributed by atoms with Crippen LogP contribution < -0.4 is 10.5 Å². The van der Waals surface area contributed by atoms with Crippen LogP contribution in [-0.4, -0.2) is 14.5 Å². The van der Waals surface area contributed by atoms with E-state index in [4.69, 9.17) is 5.73 Å². The third kappa shape index (κ3) is 3.65. The van der Waals surface area contributed by atoms with Gasteiger partial charge in [0.1, 0.15) is 0 Å². The highest BCUT2D eigenvalue weighted by Gasteiger charge is 2.35. The van der Waals surface area contributed by atoms with Gasteiger partial charge in [-0.2, -0.15) is 0 Å². The van der Waals surface area contributed by atoms with Gasteiger partial charge in [0.25, 0.3) is 0 Å². The molecule has 5 heteroatoms. The molecule has 0 heterocycles. The average molecular weight is 310 g/mol. The molecule has 0 aliphatic heterocycles. The third-order valence-electron chi connectivity index (χ3n) is 4.58. The first-order chi connectivity index (χ1) is 9.76. The fourth-order valence-electron chi connectivity index (χ4n) is 3.02. The second kappa shape index (κ2) is 6.07. The summed E-state index contributed by atoms with van der Waals surface area (Å²) in [5.41, 5.74) is 7.22. The minimum Gasteiger partial charge on any atom is -0.326 e. The zero-order chi connectivity index (χ0) is 15.7. The van der Waals surface area contributed by atoms with Crippen molar-refractivity contribution in [2.45, 2.75) is 63.9 Å². The van der Waals surface area contributed by atoms with Crippen LogP contribution >= 0.6 is 0 Å². The predicted octanol–water partition coefficient (Wildman–Crippen LogP) is 2.70. The SMILES string of the molecule is Cc1ccc(CN)cc1S(=O)(=O)NC1CCCCC1(C)C. The molecule has 21 heavy (non-hydrogen) atoms. The molecule has 3 N–H and O–H groups in total. The van der Waals surface area contributed by atoms with Crippen molar-refractivity contribution in [3.63, 3.8) is 0 Å². The molecule has 0 bridgehead atoms. The van der Waals surface area contributed by atoms with Crippen LogP contribution in [0.1, 0.15) is 50.7 Å². The van der Waals surface area contributed by atoms with E-state index >= 15 is 0 Å². The maximum atomic E-state index is 12.7. The Labute approximate surface area is 128 Å². The summed E-state index contributed by atoms with van der Waals surface area (Å²) in [5.74, 6) is 0. The van der Waals surface area contributed by atoms with E-state index < -0.39 is 10.0 Å². The summed E-state index contributed by atoms with van der Waals surface area (Å²) in [6, 6.07) is 5.38. The van der Waals surface area contributed by atoms with Gasteiger partial charge in [0.15, 0.2) is 0 Å². The topological polar surface area (TPSA) is 72.2 Å². The van der Waals surface area contributed by atoms with Crippen molar-refractivity contribution in [2.75, 3.05) is 0 Å². The number of nitrogens with two attached hydrogens (primary N) is 1. The molecule has 118 valence electrons. The number of sulfonamides is 1. The Kier molecular flexibility index (Phi) is 4.76. The van der Waals surface area contributed by atoms with E-state index in [2.05, 4.69) is 18.6 Å². The molecule has 1 aliphatic rings. The molecular formula is C16H26N2O2S. The smallest absolute Gasteiger partial charge is 0.241 e. The lowest BCUT2D eigenvalue weighted by Gasteiger charge is -2.38. The fraction of sp³-hybridized carbons (Fsp3) is 0.625. The number of nitrogens with one attached hydrogen (secondary N) is 1. The lowest BCUT2D eigenvalue weighted by atomic mass is 9.74. The third-order valence-corrected chi connectivity index (χ3v) is 6.20. The summed E-state index contributed by atoms with van der Waals surface area (Å²) in [6.45, 7) is 6.45. The molecule has 0 amide bonds. The highest BCUT2D eigenvalue weighted by molar-refractivity contribution is 7.89. The van der Waals surface area contributed by atoms with Crippen molar-refractivity contribution < 1.29 is 8.42 Å². The molecule has 1 fully saturated rings. The van der Waals surface area contributed by atoms with Gasteiger partial charge in [-0.1, -0.05) is 38.8 Å². The lowest BCUT2D eigenvalue weighted by molar-refractivity contribution is 0.188. The van der Waals surface area contributed by atoms with E-state index in [0.717, 1.165) is 30.4 Å². The van der Waals surface area contributed by atoms with Gasteiger partial charge >= 0.3 is 0 Å². The van der Waals surface area contributed by atoms with Crippen LogP contribution in [0.3, 0.4) is 0 Å². The van der Waals surface area contributed by atoms with Crippen LogP contribution in [0.2, 0.25) is 0 Å². The van der Waals surface area contributed by atoms with E-state index in [-0.39, 0.29) is 11.5 Å². The van der Waals surface area contributed by atoms with Gasteiger partial charge < -0.3 is 5.73 Å². The minimum absolute atomic E-state index is 0.00261. The van der Waals surface area contributed by atoms with E-state index in [1.165, 1.54) is 6.42 Å². The molecule has 2 rings (SSSR count). The normalized spacial score (nSPS) is 22.2. The standard InChI is InChI=1S/C16H26N2O2S/c1-12-7-8-13(11-17)10-14(12)21(19,20)18-15-6-4-5-9-16(15,2)3/h7-8,10,15,18H,4-6,9,11,17H2,1-3H3. The summed E-state index contributed by atoms with van der Waals surface area (Å²) in [5, 5.41) is 0. The Morgan fingerprint density at radius 3 is 2.67 bits per heavy atom. The van der Waals surface area contributed by atoms with E-state index in [1.54, 1.807) is 6.07 Å². The van der Waals surface area contributed by atoms with Crippen molar-refractivity contribution in [2.24, 2.45) is 11.1 Å². The quantitative estimate of drug-likeness (QED) is 0.898. The first kappa shape index (κ1) is 16.5. The summed E-state index contributed by atoms with van der Waals surface area (Å²) < 4.78 is 28.4. The molecule has 0 radical (unpaired) electrons. The maximum Gasteiger partial charge on any atom is 0.241 e. The molecular weight excluding hydrogens is 284 g/mol. The first-order valence-corrected chi connectivity index (χ1v) is 9.06. The molecule has 1 aliphatic carbocycles. The molecule has 1 aromatic carbocycles. The molecule has 1 saturated carbocycles. The predicted molar refractivity (Wildman–Crippen MR) is 85.4 cm³/mol. The zero-order valence-corrected chi connectivity index (χ0v) is 14.0. The van der Waals surface area contributed by atoms with Gasteiger partial charge in [-0.05, 0) is 42.4 Å². The fourth-order valence-corrected chi connectivity index (χ4v) is 4.76. The van der Waals surface area contributed by atoms with Gasteiger partial charge in [0.2, 0.25) is 10.0 Å². The summed E-state index contributed by atoms with van der Waals surface area (Å²) in [7, 11) is -3.50. The summed E-state index contributed by atoms with van der Waals surface area (Å²) >= 11 is 0. The summed E-state index contributed by atoms with van der Waals surface area (Å²) in [6.07, 6.45) is 4.22. The van der Waals surface area contributed by atoms with Gasteiger partial charge in [-0.15, -0.1) is 0 Å². The Morgan fingerprint density at radius 2 is 2.05 bits per heavy atom. The Balaban J connectivity index is 2.30. The van der Waals surface area contributed by atoms with Crippen molar-refractivity contribution in [3.8, 4) is 0 Å². The average Bonchev–Trinajstić information content (AvgIpc) is 2.41. The number of hydrogen-bond acceptors (Lipinski definition) is 3. The summed E-state index contributed by atoms with van der Waals surface area (Å²) in [4.78, 5) is 0.354. The molecule has 1 aromatic rings. The second-order valence-electron chi connectivity index (χ2n) is 6.71. The van der Waals surface area contributed by atoms with Crippen LogP contribution in [0.5, 0.6) is 0 Å². The van der Waals surface area contributed by atoms with E-state index in [9.17, 15) is 8.42 Å². The maximum absolute atomic E-state index is 12.7. The van der Waals surface area contributed by atoms with Crippen molar-refractivity contribution in [1.82, 2.24) is 4.72 Å². The van der Waals surface area contributed by atoms with Crippen molar-refractivity contribution >= 4 is 10.0 Å². The number of hydrogen-bond donors (Lipinski definition) is 2. The minimum atomic E-state index is -3.50. The van der Waals surface area contributed by atoms with Crippen molar-refractivity contribution in [3.05, 3.63) is 29.3 Å². The Morgan fingerprint density at radius 1 is 1.33 bits per heavy atom. The van der Waals surface area contributed by atoms with Crippen LogP contribution in [0.25, 0.3) is 0 Å². The van der Waals surface area contributed by atoms with Crippen molar-refractivity contribution in [1.29, 1.82) is 0 Å². The van der Waals surface area contributed by atoms with Gasteiger partial charge in [-0.3, -0.25) is 0 Å². The molecule has 1 unspecified atom stereocenters. The number of benzene rings is 1. The molecule has 0 saturated heterocycles. The zero-order valence-electron chi connectivity index (χ0n) is 13.1. The lowest BCUT2D eigenvalue weighted by Crippen LogP contribution is -2.46. The van der Waals surface area contributed by atoms with Crippen LogP contribution in [0, 0.1) is 12.3 Å². The highest BCUT2D eigenvalue weighted by Crippen LogP contribution is 2.36. The number of aryl methyl sites for hydroxylation is 1. The largest absolute Gasteiger partial charge is 0.326 e. The van der Waals surface area contributed by atoms with Crippen LogP contribution in [-0.2, 0) is 16.6 Å². The highest BCUT2D eigenvalue weighted by atomic mass is 32.2. The van der Waals surface area contributed by atoms with E-state index in [1.807, 2.05) is 19.1 Å². The second-order valence-corrected chi connectivity index (χ2v) is 8.39. The van der Waals surface area contributed by atoms with E-state index in [0.29, 0.717) is 11.4 Å². The number of rotatable bonds is 4. The Bertz CT molecular complexity index is 609. The monoisotopic (exact) mass is 310 g/mol. The first-order valence-electron chi connectivity index (χ1n) is 7.58.